The number of imidazole rings is 1. The van der Waals surface area contributed by atoms with Crippen LogP contribution in [0.4, 0.5) is 0 Å². The molecule has 1 saturated heterocycles. The summed E-state index contributed by atoms with van der Waals surface area (Å²) in [6, 6.07) is 3.52. The largest absolute Gasteiger partial charge is 0.338 e. The lowest BCUT2D eigenvalue weighted by atomic mass is 10.0. The van der Waals surface area contributed by atoms with Crippen molar-refractivity contribution in [3.05, 3.63) is 60.6 Å². The maximum absolute atomic E-state index is 12.6. The molecule has 0 radical (unpaired) electrons. The predicted molar refractivity (Wildman–Crippen MR) is 96.2 cm³/mol. The van der Waals surface area contributed by atoms with E-state index in [1.165, 1.54) is 0 Å². The zero-order chi connectivity index (χ0) is 17.9. The molecule has 4 rings (SSSR count). The quantitative estimate of drug-likeness (QED) is 0.720. The van der Waals surface area contributed by atoms with Crippen molar-refractivity contribution in [2.75, 3.05) is 13.1 Å². The maximum Gasteiger partial charge on any atom is 0.253 e. The van der Waals surface area contributed by atoms with Crippen LogP contribution < -0.4 is 0 Å². The highest BCUT2D eigenvalue weighted by atomic mass is 16.2. The van der Waals surface area contributed by atoms with Gasteiger partial charge >= 0.3 is 0 Å². The molecule has 0 spiro atoms. The summed E-state index contributed by atoms with van der Waals surface area (Å²) >= 11 is 0. The topological polar surface area (TPSA) is 76.8 Å². The number of likely N-dealkylation sites (tertiary alicyclic amines) is 1. The third-order valence-electron chi connectivity index (χ3n) is 4.73. The van der Waals surface area contributed by atoms with Crippen LogP contribution in [0.3, 0.4) is 0 Å². The normalized spacial score (nSPS) is 16.8. The minimum atomic E-state index is 0.0720. The van der Waals surface area contributed by atoms with Crippen molar-refractivity contribution in [1.82, 2.24) is 29.4 Å². The average Bonchev–Trinajstić information content (AvgIpc) is 3.31. The first-order valence-electron chi connectivity index (χ1n) is 8.68. The Kier molecular flexibility index (Phi) is 4.43. The van der Waals surface area contributed by atoms with E-state index in [0.717, 1.165) is 43.1 Å². The average molecular weight is 348 g/mol. The molecule has 1 amide bonds. The third-order valence-corrected chi connectivity index (χ3v) is 4.73. The molecule has 0 aliphatic carbocycles. The number of hydrogen-bond donors (Lipinski definition) is 0. The second-order valence-corrected chi connectivity index (χ2v) is 6.60. The highest BCUT2D eigenvalue weighted by Gasteiger charge is 2.27. The Morgan fingerprint density at radius 1 is 1.19 bits per heavy atom. The lowest BCUT2D eigenvalue weighted by Gasteiger charge is -2.16. The highest BCUT2D eigenvalue weighted by Crippen LogP contribution is 2.22. The second kappa shape index (κ2) is 7.03. The van der Waals surface area contributed by atoms with Crippen molar-refractivity contribution in [2.45, 2.75) is 12.8 Å². The van der Waals surface area contributed by atoms with Crippen LogP contribution in [0.25, 0.3) is 11.5 Å². The van der Waals surface area contributed by atoms with Gasteiger partial charge in [0, 0.05) is 56.7 Å². The van der Waals surface area contributed by atoms with Crippen LogP contribution in [0.15, 0.2) is 49.3 Å². The molecular weight excluding hydrogens is 328 g/mol. The minimum absolute atomic E-state index is 0.0720. The zero-order valence-corrected chi connectivity index (χ0v) is 14.6. The predicted octanol–water partition coefficient (Wildman–Crippen LogP) is 1.98. The van der Waals surface area contributed by atoms with Crippen molar-refractivity contribution in [2.24, 2.45) is 13.0 Å². The fourth-order valence-electron chi connectivity index (χ4n) is 3.38. The first-order valence-corrected chi connectivity index (χ1v) is 8.68. The van der Waals surface area contributed by atoms with E-state index in [1.54, 1.807) is 43.1 Å². The van der Waals surface area contributed by atoms with E-state index >= 15 is 0 Å². The van der Waals surface area contributed by atoms with Crippen LogP contribution in [-0.4, -0.2) is 48.4 Å². The Hall–Kier alpha value is -3.09. The van der Waals surface area contributed by atoms with E-state index in [2.05, 4.69) is 15.0 Å². The number of carbonyl (C=O) groups is 1. The van der Waals surface area contributed by atoms with Gasteiger partial charge in [-0.3, -0.25) is 14.8 Å². The number of aryl methyl sites for hydroxylation is 1. The molecular formula is C19H20N6O. The highest BCUT2D eigenvalue weighted by molar-refractivity contribution is 5.94. The van der Waals surface area contributed by atoms with E-state index in [9.17, 15) is 4.79 Å². The number of aromatic nitrogens is 5. The molecule has 1 aliphatic rings. The van der Waals surface area contributed by atoms with Gasteiger partial charge in [-0.05, 0) is 30.9 Å². The molecule has 7 nitrogen and oxygen atoms in total. The Morgan fingerprint density at radius 3 is 2.81 bits per heavy atom. The molecule has 0 N–H and O–H groups in total. The van der Waals surface area contributed by atoms with Crippen LogP contribution in [0, 0.1) is 5.92 Å². The van der Waals surface area contributed by atoms with Crippen LogP contribution in [0.1, 0.15) is 22.5 Å². The Bertz CT molecular complexity index is 907. The van der Waals surface area contributed by atoms with E-state index in [1.807, 2.05) is 22.7 Å². The number of pyridine rings is 1. The minimum Gasteiger partial charge on any atom is -0.338 e. The molecule has 132 valence electrons. The van der Waals surface area contributed by atoms with Gasteiger partial charge in [0.15, 0.2) is 5.82 Å². The first kappa shape index (κ1) is 16.4. The SMILES string of the molecule is Cn1ccnc1-c1cncc(C[C@@H]2CCN(C(=O)c3ccncc3)C2)n1. The lowest BCUT2D eigenvalue weighted by Crippen LogP contribution is -2.29. The molecule has 3 aromatic heterocycles. The van der Waals surface area contributed by atoms with Gasteiger partial charge in [0.2, 0.25) is 0 Å². The van der Waals surface area contributed by atoms with E-state index in [4.69, 9.17) is 4.98 Å². The van der Waals surface area contributed by atoms with Gasteiger partial charge in [-0.25, -0.2) is 9.97 Å². The van der Waals surface area contributed by atoms with Crippen LogP contribution in [0.2, 0.25) is 0 Å². The molecule has 1 atom stereocenters. The van der Waals surface area contributed by atoms with Gasteiger partial charge in [0.05, 0.1) is 11.9 Å². The molecule has 7 heteroatoms. The number of hydrogen-bond acceptors (Lipinski definition) is 5. The van der Waals surface area contributed by atoms with E-state index < -0.39 is 0 Å². The molecule has 4 heterocycles. The lowest BCUT2D eigenvalue weighted by molar-refractivity contribution is 0.0787. The number of rotatable bonds is 4. The van der Waals surface area contributed by atoms with Crippen molar-refractivity contribution < 1.29 is 4.79 Å². The van der Waals surface area contributed by atoms with Gasteiger partial charge in [-0.15, -0.1) is 0 Å². The second-order valence-electron chi connectivity index (χ2n) is 6.60. The van der Waals surface area contributed by atoms with Gasteiger partial charge in [-0.1, -0.05) is 0 Å². The summed E-state index contributed by atoms with van der Waals surface area (Å²) in [5.41, 5.74) is 2.41. The van der Waals surface area contributed by atoms with E-state index in [-0.39, 0.29) is 5.91 Å². The van der Waals surface area contributed by atoms with Crippen molar-refractivity contribution in [1.29, 1.82) is 0 Å². The Balaban J connectivity index is 1.43. The number of amides is 1. The molecule has 1 aliphatic heterocycles. The molecule has 0 aromatic carbocycles. The fraction of sp³-hybridized carbons (Fsp3) is 0.316. The molecule has 0 bridgehead atoms. The van der Waals surface area contributed by atoms with Crippen molar-refractivity contribution in [3.8, 4) is 11.5 Å². The zero-order valence-electron chi connectivity index (χ0n) is 14.6. The molecule has 0 unspecified atom stereocenters. The fourth-order valence-corrected chi connectivity index (χ4v) is 3.38. The summed E-state index contributed by atoms with van der Waals surface area (Å²) < 4.78 is 1.93. The van der Waals surface area contributed by atoms with Gasteiger partial charge < -0.3 is 9.47 Å². The summed E-state index contributed by atoms with van der Waals surface area (Å²) in [5.74, 6) is 1.27. The summed E-state index contributed by atoms with van der Waals surface area (Å²) in [4.78, 5) is 31.8. The van der Waals surface area contributed by atoms with Crippen LogP contribution >= 0.6 is 0 Å². The standard InChI is InChI=1S/C19H20N6O/c1-24-9-7-22-18(24)17-12-21-11-16(23-17)10-14-4-8-25(13-14)19(26)15-2-5-20-6-3-15/h2-3,5-7,9,11-12,14H,4,8,10,13H2,1H3/t14-/m0/s1. The number of nitrogens with zero attached hydrogens (tertiary/aromatic N) is 6. The van der Waals surface area contributed by atoms with Crippen LogP contribution in [-0.2, 0) is 13.5 Å². The monoisotopic (exact) mass is 348 g/mol. The van der Waals surface area contributed by atoms with Crippen molar-refractivity contribution >= 4 is 5.91 Å². The first-order chi connectivity index (χ1) is 12.7. The molecule has 1 fully saturated rings. The van der Waals surface area contributed by atoms with Gasteiger partial charge in [0.25, 0.3) is 5.91 Å². The van der Waals surface area contributed by atoms with Crippen molar-refractivity contribution in [3.63, 3.8) is 0 Å². The van der Waals surface area contributed by atoms with Gasteiger partial charge in [0.1, 0.15) is 5.69 Å². The summed E-state index contributed by atoms with van der Waals surface area (Å²) in [5, 5.41) is 0. The molecule has 0 saturated carbocycles. The molecule has 26 heavy (non-hydrogen) atoms. The van der Waals surface area contributed by atoms with Gasteiger partial charge in [-0.2, -0.15) is 0 Å². The summed E-state index contributed by atoms with van der Waals surface area (Å²) in [7, 11) is 1.94. The Morgan fingerprint density at radius 2 is 2.04 bits per heavy atom. The summed E-state index contributed by atoms with van der Waals surface area (Å²) in [6.45, 7) is 1.52. The summed E-state index contributed by atoms with van der Waals surface area (Å²) in [6.07, 6.45) is 12.3. The Labute approximate surface area is 151 Å². The third kappa shape index (κ3) is 3.33. The van der Waals surface area contributed by atoms with E-state index in [0.29, 0.717) is 11.5 Å². The maximum atomic E-state index is 12.6. The number of carbonyl (C=O) groups excluding carboxylic acids is 1. The van der Waals surface area contributed by atoms with Crippen LogP contribution in [0.5, 0.6) is 0 Å². The smallest absolute Gasteiger partial charge is 0.253 e. The molecule has 3 aromatic rings.